The highest BCUT2D eigenvalue weighted by Gasteiger charge is 2.13. The molecule has 84 valence electrons. The summed E-state index contributed by atoms with van der Waals surface area (Å²) in [6, 6.07) is 0. The molecule has 2 heteroatoms. The molecule has 0 aliphatic carbocycles. The van der Waals surface area contributed by atoms with E-state index in [1.807, 2.05) is 0 Å². The lowest BCUT2D eigenvalue weighted by atomic mass is 9.95. The van der Waals surface area contributed by atoms with Gasteiger partial charge in [0.15, 0.2) is 0 Å². The van der Waals surface area contributed by atoms with Crippen LogP contribution < -0.4 is 5.73 Å². The van der Waals surface area contributed by atoms with Crippen molar-refractivity contribution in [3.8, 4) is 0 Å². The highest BCUT2D eigenvalue weighted by molar-refractivity contribution is 5.76. The lowest BCUT2D eigenvalue weighted by Gasteiger charge is -2.12. The van der Waals surface area contributed by atoms with E-state index in [9.17, 15) is 4.79 Å². The molecule has 1 unspecified atom stereocenters. The Morgan fingerprint density at radius 2 is 1.57 bits per heavy atom. The molecule has 0 aromatic carbocycles. The molecule has 0 saturated carbocycles. The van der Waals surface area contributed by atoms with E-state index in [1.165, 1.54) is 19.3 Å². The summed E-state index contributed by atoms with van der Waals surface area (Å²) in [4.78, 5) is 11.1. The Kier molecular flexibility index (Phi) is 8.70. The van der Waals surface area contributed by atoms with Crippen LogP contribution in [0.5, 0.6) is 0 Å². The standard InChI is InChI=1S/C12H25NO/c1-3-5-7-8-10-11(12(13)14)9-6-4-2/h11H,3-10H2,1-2H3,(H2,13,14). The Morgan fingerprint density at radius 1 is 1.00 bits per heavy atom. The van der Waals surface area contributed by atoms with Crippen molar-refractivity contribution in [2.24, 2.45) is 11.7 Å². The van der Waals surface area contributed by atoms with Gasteiger partial charge in [-0.2, -0.15) is 0 Å². The fraction of sp³-hybridized carbons (Fsp3) is 0.917. The van der Waals surface area contributed by atoms with E-state index < -0.39 is 0 Å². The zero-order valence-corrected chi connectivity index (χ0v) is 9.72. The largest absolute Gasteiger partial charge is 0.369 e. The van der Waals surface area contributed by atoms with Crippen molar-refractivity contribution in [2.75, 3.05) is 0 Å². The minimum atomic E-state index is -0.102. The number of rotatable bonds is 9. The van der Waals surface area contributed by atoms with Gasteiger partial charge in [-0.3, -0.25) is 4.79 Å². The molecule has 0 fully saturated rings. The second-order valence-electron chi connectivity index (χ2n) is 4.09. The molecule has 0 saturated heterocycles. The third kappa shape index (κ3) is 6.93. The molecule has 1 amide bonds. The Labute approximate surface area is 88.3 Å². The van der Waals surface area contributed by atoms with Crippen LogP contribution in [-0.2, 0) is 4.79 Å². The van der Waals surface area contributed by atoms with Crippen molar-refractivity contribution in [1.82, 2.24) is 0 Å². The monoisotopic (exact) mass is 199 g/mol. The van der Waals surface area contributed by atoms with E-state index in [0.29, 0.717) is 0 Å². The smallest absolute Gasteiger partial charge is 0.220 e. The third-order valence-electron chi connectivity index (χ3n) is 2.71. The maximum Gasteiger partial charge on any atom is 0.220 e. The Hall–Kier alpha value is -0.530. The van der Waals surface area contributed by atoms with Crippen LogP contribution in [0.1, 0.15) is 65.2 Å². The summed E-state index contributed by atoms with van der Waals surface area (Å²) < 4.78 is 0. The van der Waals surface area contributed by atoms with Crippen LogP contribution in [0.4, 0.5) is 0 Å². The van der Waals surface area contributed by atoms with Gasteiger partial charge in [-0.1, -0.05) is 52.4 Å². The summed E-state index contributed by atoms with van der Waals surface area (Å²) >= 11 is 0. The number of hydrogen-bond donors (Lipinski definition) is 1. The van der Waals surface area contributed by atoms with Crippen LogP contribution in [-0.4, -0.2) is 5.91 Å². The molecule has 0 spiro atoms. The second kappa shape index (κ2) is 9.04. The molecule has 2 N–H and O–H groups in total. The minimum Gasteiger partial charge on any atom is -0.369 e. The van der Waals surface area contributed by atoms with E-state index in [1.54, 1.807) is 0 Å². The fourth-order valence-corrected chi connectivity index (χ4v) is 1.70. The van der Waals surface area contributed by atoms with Crippen LogP contribution in [0, 0.1) is 5.92 Å². The zero-order chi connectivity index (χ0) is 10.8. The summed E-state index contributed by atoms with van der Waals surface area (Å²) in [6.45, 7) is 4.35. The second-order valence-corrected chi connectivity index (χ2v) is 4.09. The van der Waals surface area contributed by atoms with Gasteiger partial charge < -0.3 is 5.73 Å². The summed E-state index contributed by atoms with van der Waals surface area (Å²) in [5, 5.41) is 0. The van der Waals surface area contributed by atoms with Crippen LogP contribution in [0.25, 0.3) is 0 Å². The quantitative estimate of drug-likeness (QED) is 0.569. The van der Waals surface area contributed by atoms with Crippen molar-refractivity contribution < 1.29 is 4.79 Å². The first-order valence-corrected chi connectivity index (χ1v) is 6.01. The van der Waals surface area contributed by atoms with E-state index >= 15 is 0 Å². The first kappa shape index (κ1) is 13.5. The molecule has 0 aromatic rings. The Morgan fingerprint density at radius 3 is 2.07 bits per heavy atom. The molecule has 0 rings (SSSR count). The van der Waals surface area contributed by atoms with Gasteiger partial charge in [-0.25, -0.2) is 0 Å². The van der Waals surface area contributed by atoms with E-state index in [0.717, 1.165) is 32.1 Å². The highest BCUT2D eigenvalue weighted by atomic mass is 16.1. The highest BCUT2D eigenvalue weighted by Crippen LogP contribution is 2.16. The molecule has 0 radical (unpaired) electrons. The van der Waals surface area contributed by atoms with Crippen molar-refractivity contribution in [2.45, 2.75) is 65.2 Å². The topological polar surface area (TPSA) is 43.1 Å². The van der Waals surface area contributed by atoms with Crippen molar-refractivity contribution in [1.29, 1.82) is 0 Å². The lowest BCUT2D eigenvalue weighted by Crippen LogP contribution is -2.23. The summed E-state index contributed by atoms with van der Waals surface area (Å²) in [6.07, 6.45) is 9.18. The maximum absolute atomic E-state index is 11.1. The van der Waals surface area contributed by atoms with Crippen LogP contribution in [0.2, 0.25) is 0 Å². The van der Waals surface area contributed by atoms with Crippen molar-refractivity contribution in [3.63, 3.8) is 0 Å². The number of carbonyl (C=O) groups excluding carboxylic acids is 1. The van der Waals surface area contributed by atoms with Gasteiger partial charge in [-0.15, -0.1) is 0 Å². The van der Waals surface area contributed by atoms with E-state index in [-0.39, 0.29) is 11.8 Å². The Balaban J connectivity index is 3.57. The Bertz CT molecular complexity index is 145. The number of carbonyl (C=O) groups is 1. The average Bonchev–Trinajstić information content (AvgIpc) is 2.16. The number of nitrogens with two attached hydrogens (primary N) is 1. The normalized spacial score (nSPS) is 12.7. The SMILES string of the molecule is CCCCCCC(CCCC)C(N)=O. The summed E-state index contributed by atoms with van der Waals surface area (Å²) in [5.41, 5.74) is 5.35. The van der Waals surface area contributed by atoms with Crippen molar-refractivity contribution in [3.05, 3.63) is 0 Å². The van der Waals surface area contributed by atoms with Crippen molar-refractivity contribution >= 4 is 5.91 Å². The molecule has 0 aliphatic rings. The predicted molar refractivity (Wildman–Crippen MR) is 61.0 cm³/mol. The molecule has 2 nitrogen and oxygen atoms in total. The minimum absolute atomic E-state index is 0.102. The molecular formula is C12H25NO. The van der Waals surface area contributed by atoms with Gasteiger partial charge in [0.25, 0.3) is 0 Å². The number of hydrogen-bond acceptors (Lipinski definition) is 1. The van der Waals surface area contributed by atoms with E-state index in [2.05, 4.69) is 13.8 Å². The molecule has 0 bridgehead atoms. The predicted octanol–water partition coefficient (Wildman–Crippen LogP) is 3.25. The van der Waals surface area contributed by atoms with Gasteiger partial charge in [0.2, 0.25) is 5.91 Å². The average molecular weight is 199 g/mol. The molecule has 0 aromatic heterocycles. The fourth-order valence-electron chi connectivity index (χ4n) is 1.70. The molecule has 0 aliphatic heterocycles. The third-order valence-corrected chi connectivity index (χ3v) is 2.71. The lowest BCUT2D eigenvalue weighted by molar-refractivity contribution is -0.122. The number of primary amides is 1. The number of unbranched alkanes of at least 4 members (excludes halogenated alkanes) is 4. The van der Waals surface area contributed by atoms with Gasteiger partial charge in [0.1, 0.15) is 0 Å². The first-order chi connectivity index (χ1) is 6.72. The van der Waals surface area contributed by atoms with E-state index in [4.69, 9.17) is 5.73 Å². The molecule has 14 heavy (non-hydrogen) atoms. The van der Waals surface area contributed by atoms with Gasteiger partial charge >= 0.3 is 0 Å². The van der Waals surface area contributed by atoms with Crippen LogP contribution in [0.15, 0.2) is 0 Å². The van der Waals surface area contributed by atoms with Gasteiger partial charge in [0, 0.05) is 5.92 Å². The molecular weight excluding hydrogens is 174 g/mol. The number of amides is 1. The van der Waals surface area contributed by atoms with Gasteiger partial charge in [-0.05, 0) is 12.8 Å². The van der Waals surface area contributed by atoms with Crippen LogP contribution in [0.3, 0.4) is 0 Å². The van der Waals surface area contributed by atoms with Gasteiger partial charge in [0.05, 0.1) is 0 Å². The van der Waals surface area contributed by atoms with Crippen LogP contribution >= 0.6 is 0 Å². The zero-order valence-electron chi connectivity index (χ0n) is 9.72. The maximum atomic E-state index is 11.1. The summed E-state index contributed by atoms with van der Waals surface area (Å²) in [7, 11) is 0. The summed E-state index contributed by atoms with van der Waals surface area (Å²) in [5.74, 6) is 0.0294. The molecule has 1 atom stereocenters. The molecule has 0 heterocycles. The first-order valence-electron chi connectivity index (χ1n) is 6.01.